The first-order valence-corrected chi connectivity index (χ1v) is 7.16. The maximum absolute atomic E-state index is 13.2. The monoisotopic (exact) mass is 340 g/mol. The van der Waals surface area contributed by atoms with E-state index in [1.165, 1.54) is 17.2 Å². The van der Waals surface area contributed by atoms with Crippen LogP contribution in [-0.4, -0.2) is 0 Å². The quantitative estimate of drug-likeness (QED) is 0.703. The summed E-state index contributed by atoms with van der Waals surface area (Å²) in [6.07, 6.45) is 0. The van der Waals surface area contributed by atoms with Crippen LogP contribution in [0, 0.1) is 5.82 Å². The van der Waals surface area contributed by atoms with Crippen molar-refractivity contribution in [3.8, 4) is 0 Å². The van der Waals surface area contributed by atoms with E-state index in [-0.39, 0.29) is 11.2 Å². The molecule has 0 saturated carbocycles. The van der Waals surface area contributed by atoms with Crippen LogP contribution in [0.5, 0.6) is 0 Å². The van der Waals surface area contributed by atoms with Crippen molar-refractivity contribution in [1.29, 1.82) is 0 Å². The topological polar surface area (TPSA) is 9.23 Å². The highest BCUT2D eigenvalue weighted by molar-refractivity contribution is 9.10. The summed E-state index contributed by atoms with van der Waals surface area (Å²) in [7, 11) is 0. The summed E-state index contributed by atoms with van der Waals surface area (Å²) >= 11 is 9.66. The van der Waals surface area contributed by atoms with Gasteiger partial charge in [0.05, 0.1) is 23.1 Å². The summed E-state index contributed by atoms with van der Waals surface area (Å²) in [6.45, 7) is 1.31. The number of rotatable bonds is 2. The lowest BCUT2D eigenvalue weighted by atomic mass is 10.00. The Balaban J connectivity index is 1.94. The van der Waals surface area contributed by atoms with Gasteiger partial charge < -0.3 is 4.74 Å². The number of hydrogen-bond acceptors (Lipinski definition) is 1. The first kappa shape index (κ1) is 13.1. The Morgan fingerprint density at radius 2 is 1.74 bits per heavy atom. The van der Waals surface area contributed by atoms with E-state index in [4.69, 9.17) is 16.3 Å². The summed E-state index contributed by atoms with van der Waals surface area (Å²) in [6, 6.07) is 11.0. The van der Waals surface area contributed by atoms with E-state index in [1.807, 2.05) is 12.1 Å². The van der Waals surface area contributed by atoms with E-state index in [0.717, 1.165) is 11.1 Å². The molecular weight excluding hydrogens is 331 g/mol. The molecule has 2 aromatic rings. The SMILES string of the molecule is Fc1ccc(C(Cl)c2ccc3c(c2)COC3)cc1Br. The summed E-state index contributed by atoms with van der Waals surface area (Å²) in [5, 5.41) is -0.289. The minimum Gasteiger partial charge on any atom is -0.372 e. The minimum atomic E-state index is -0.289. The van der Waals surface area contributed by atoms with E-state index in [9.17, 15) is 4.39 Å². The van der Waals surface area contributed by atoms with E-state index in [1.54, 1.807) is 12.1 Å². The molecule has 1 aliphatic heterocycles. The zero-order valence-corrected chi connectivity index (χ0v) is 12.3. The van der Waals surface area contributed by atoms with Crippen LogP contribution < -0.4 is 0 Å². The molecule has 0 spiro atoms. The molecule has 0 aliphatic carbocycles. The molecule has 0 radical (unpaired) electrons. The van der Waals surface area contributed by atoms with Crippen LogP contribution in [0.4, 0.5) is 4.39 Å². The fraction of sp³-hybridized carbons (Fsp3) is 0.200. The zero-order chi connectivity index (χ0) is 13.4. The van der Waals surface area contributed by atoms with Crippen molar-refractivity contribution in [1.82, 2.24) is 0 Å². The molecular formula is C15H11BrClFO. The summed E-state index contributed by atoms with van der Waals surface area (Å²) in [5.41, 5.74) is 4.27. The largest absolute Gasteiger partial charge is 0.372 e. The normalized spacial score (nSPS) is 15.3. The van der Waals surface area contributed by atoms with Gasteiger partial charge in [-0.3, -0.25) is 0 Å². The number of alkyl halides is 1. The molecule has 0 bridgehead atoms. The van der Waals surface area contributed by atoms with Gasteiger partial charge >= 0.3 is 0 Å². The van der Waals surface area contributed by atoms with Gasteiger partial charge in [-0.2, -0.15) is 0 Å². The second kappa shape index (κ2) is 5.23. The highest BCUT2D eigenvalue weighted by Crippen LogP contribution is 2.33. The van der Waals surface area contributed by atoms with E-state index < -0.39 is 0 Å². The van der Waals surface area contributed by atoms with Crippen LogP contribution in [0.25, 0.3) is 0 Å². The van der Waals surface area contributed by atoms with Crippen LogP contribution in [0.3, 0.4) is 0 Å². The Labute approximate surface area is 124 Å². The predicted octanol–water partition coefficient (Wildman–Crippen LogP) is 4.95. The van der Waals surface area contributed by atoms with Gasteiger partial charge in [-0.25, -0.2) is 4.39 Å². The van der Waals surface area contributed by atoms with Gasteiger partial charge in [0.15, 0.2) is 0 Å². The van der Waals surface area contributed by atoms with Gasteiger partial charge in [-0.1, -0.05) is 24.3 Å². The fourth-order valence-corrected chi connectivity index (χ4v) is 2.88. The van der Waals surface area contributed by atoms with Gasteiger partial charge in [0, 0.05) is 0 Å². The maximum Gasteiger partial charge on any atom is 0.137 e. The number of ether oxygens (including phenoxy) is 1. The van der Waals surface area contributed by atoms with E-state index in [2.05, 4.69) is 22.0 Å². The smallest absolute Gasteiger partial charge is 0.137 e. The third kappa shape index (κ3) is 2.55. The average molecular weight is 342 g/mol. The number of benzene rings is 2. The molecule has 0 saturated heterocycles. The Morgan fingerprint density at radius 1 is 1.05 bits per heavy atom. The van der Waals surface area contributed by atoms with Crippen LogP contribution in [0.1, 0.15) is 27.6 Å². The van der Waals surface area contributed by atoms with Crippen molar-refractivity contribution in [3.05, 3.63) is 68.9 Å². The number of fused-ring (bicyclic) bond motifs is 1. The highest BCUT2D eigenvalue weighted by Gasteiger charge is 2.17. The molecule has 1 aliphatic rings. The molecule has 4 heteroatoms. The molecule has 98 valence electrons. The van der Waals surface area contributed by atoms with E-state index in [0.29, 0.717) is 17.7 Å². The van der Waals surface area contributed by atoms with E-state index >= 15 is 0 Å². The van der Waals surface area contributed by atoms with Crippen molar-refractivity contribution in [2.75, 3.05) is 0 Å². The Hall–Kier alpha value is -0.900. The average Bonchev–Trinajstić information content (AvgIpc) is 2.88. The second-order valence-electron chi connectivity index (χ2n) is 4.56. The highest BCUT2D eigenvalue weighted by atomic mass is 79.9. The molecule has 1 unspecified atom stereocenters. The summed E-state index contributed by atoms with van der Waals surface area (Å²) < 4.78 is 19.1. The first-order chi connectivity index (χ1) is 9.15. The molecule has 0 fully saturated rings. The fourth-order valence-electron chi connectivity index (χ4n) is 2.21. The van der Waals surface area contributed by atoms with Crippen LogP contribution in [-0.2, 0) is 18.0 Å². The molecule has 19 heavy (non-hydrogen) atoms. The molecule has 1 heterocycles. The van der Waals surface area contributed by atoms with Crippen LogP contribution >= 0.6 is 27.5 Å². The summed E-state index contributed by atoms with van der Waals surface area (Å²) in [4.78, 5) is 0. The molecule has 1 atom stereocenters. The lowest BCUT2D eigenvalue weighted by Crippen LogP contribution is -1.96. The minimum absolute atomic E-state index is 0.282. The lowest BCUT2D eigenvalue weighted by Gasteiger charge is -2.12. The predicted molar refractivity (Wildman–Crippen MR) is 76.7 cm³/mol. The Kier molecular flexibility index (Phi) is 3.61. The standard InChI is InChI=1S/C15H11BrClFO/c16-13-6-10(3-4-14(13)18)15(17)9-1-2-11-7-19-8-12(11)5-9/h1-6,15H,7-8H2. The third-order valence-corrected chi connectivity index (χ3v) is 4.39. The third-order valence-electron chi connectivity index (χ3n) is 3.27. The molecule has 2 aromatic carbocycles. The molecule has 0 aromatic heterocycles. The molecule has 1 nitrogen and oxygen atoms in total. The van der Waals surface area contributed by atoms with Crippen molar-refractivity contribution < 1.29 is 9.13 Å². The van der Waals surface area contributed by atoms with Crippen LogP contribution in [0.2, 0.25) is 0 Å². The number of hydrogen-bond donors (Lipinski definition) is 0. The molecule has 0 amide bonds. The van der Waals surface area contributed by atoms with Crippen molar-refractivity contribution in [3.63, 3.8) is 0 Å². The zero-order valence-electron chi connectivity index (χ0n) is 10.00. The Bertz CT molecular complexity index is 630. The Morgan fingerprint density at radius 3 is 2.53 bits per heavy atom. The van der Waals surface area contributed by atoms with Gasteiger partial charge in [0.25, 0.3) is 0 Å². The van der Waals surface area contributed by atoms with Gasteiger partial charge in [-0.15, -0.1) is 11.6 Å². The molecule has 0 N–H and O–H groups in total. The van der Waals surface area contributed by atoms with Crippen molar-refractivity contribution in [2.24, 2.45) is 0 Å². The molecule has 3 rings (SSSR count). The number of halogens is 3. The van der Waals surface area contributed by atoms with Crippen molar-refractivity contribution >= 4 is 27.5 Å². The van der Waals surface area contributed by atoms with Gasteiger partial charge in [0.1, 0.15) is 5.82 Å². The van der Waals surface area contributed by atoms with Crippen LogP contribution in [0.15, 0.2) is 40.9 Å². The second-order valence-corrected chi connectivity index (χ2v) is 5.85. The first-order valence-electron chi connectivity index (χ1n) is 5.93. The van der Waals surface area contributed by atoms with Gasteiger partial charge in [0.2, 0.25) is 0 Å². The summed E-state index contributed by atoms with van der Waals surface area (Å²) in [5.74, 6) is -0.282. The maximum atomic E-state index is 13.2. The van der Waals surface area contributed by atoms with Gasteiger partial charge in [-0.05, 0) is 50.3 Å². The lowest BCUT2D eigenvalue weighted by molar-refractivity contribution is 0.134. The van der Waals surface area contributed by atoms with Crippen molar-refractivity contribution in [2.45, 2.75) is 18.6 Å².